The summed E-state index contributed by atoms with van der Waals surface area (Å²) in [4.78, 5) is 7.75. The lowest BCUT2D eigenvalue weighted by Crippen LogP contribution is -2.19. The summed E-state index contributed by atoms with van der Waals surface area (Å²) >= 11 is 0. The maximum Gasteiger partial charge on any atom is 0.266 e. The number of nitrogens with one attached hydrogen (secondary N) is 2. The van der Waals surface area contributed by atoms with Crippen LogP contribution >= 0.6 is 0 Å². The molecule has 4 N–H and O–H groups in total. The molecule has 7 nitrogen and oxygen atoms in total. The van der Waals surface area contributed by atoms with Crippen molar-refractivity contribution >= 4 is 21.7 Å². The number of anilines is 2. The van der Waals surface area contributed by atoms with Crippen molar-refractivity contribution in [3.8, 4) is 0 Å². The smallest absolute Gasteiger partial charge is 0.266 e. The lowest BCUT2D eigenvalue weighted by Gasteiger charge is -2.10. The summed E-state index contributed by atoms with van der Waals surface area (Å²) in [5.41, 5.74) is 3.15. The zero-order valence-electron chi connectivity index (χ0n) is 10.2. The third-order valence-electron chi connectivity index (χ3n) is 2.35. The van der Waals surface area contributed by atoms with E-state index in [2.05, 4.69) is 20.1 Å². The third kappa shape index (κ3) is 2.98. The Hall–Kier alpha value is -2.19. The van der Waals surface area contributed by atoms with Crippen LogP contribution in [0.3, 0.4) is 0 Å². The summed E-state index contributed by atoms with van der Waals surface area (Å²) in [5.74, 6) is 5.56. The molecule has 0 saturated heterocycles. The standard InChI is InChI=1S/C11H13N5O2S/c1-8-4-6-13-10(7-8)16-19(17,18)9-3-2-5-14-11(9)15-12/h2-7H,12H2,1H3,(H,13,16)(H,14,15). The van der Waals surface area contributed by atoms with Gasteiger partial charge in [-0.25, -0.2) is 24.2 Å². The van der Waals surface area contributed by atoms with E-state index < -0.39 is 10.0 Å². The quantitative estimate of drug-likeness (QED) is 0.566. The van der Waals surface area contributed by atoms with Crippen molar-refractivity contribution in [3.05, 3.63) is 42.2 Å². The van der Waals surface area contributed by atoms with E-state index in [1.54, 1.807) is 12.1 Å². The lowest BCUT2D eigenvalue weighted by molar-refractivity contribution is 0.601. The van der Waals surface area contributed by atoms with E-state index in [1.165, 1.54) is 24.5 Å². The molecule has 0 fully saturated rings. The Balaban J connectivity index is 2.38. The number of pyridine rings is 2. The average molecular weight is 279 g/mol. The largest absolute Gasteiger partial charge is 0.307 e. The van der Waals surface area contributed by atoms with Crippen molar-refractivity contribution in [1.29, 1.82) is 0 Å². The Bertz CT molecular complexity index is 687. The molecule has 8 heteroatoms. The van der Waals surface area contributed by atoms with Gasteiger partial charge in [0.1, 0.15) is 10.7 Å². The van der Waals surface area contributed by atoms with Crippen LogP contribution in [0, 0.1) is 6.92 Å². The van der Waals surface area contributed by atoms with Crippen molar-refractivity contribution < 1.29 is 8.42 Å². The number of hydrazine groups is 1. The molecule has 0 aliphatic carbocycles. The summed E-state index contributed by atoms with van der Waals surface area (Å²) < 4.78 is 26.8. The fraction of sp³-hybridized carbons (Fsp3) is 0.0909. The number of nitrogens with zero attached hydrogens (tertiary/aromatic N) is 2. The molecule has 0 aromatic carbocycles. The number of aryl methyl sites for hydroxylation is 1. The van der Waals surface area contributed by atoms with Crippen LogP contribution in [0.2, 0.25) is 0 Å². The number of rotatable bonds is 4. The van der Waals surface area contributed by atoms with Crippen molar-refractivity contribution in [1.82, 2.24) is 9.97 Å². The van der Waals surface area contributed by atoms with Gasteiger partial charge in [-0.2, -0.15) is 0 Å². The molecule has 0 unspecified atom stereocenters. The Morgan fingerprint density at radius 3 is 2.68 bits per heavy atom. The van der Waals surface area contributed by atoms with Crippen LogP contribution in [0.5, 0.6) is 0 Å². The number of sulfonamides is 1. The molecule has 2 heterocycles. The molecule has 0 aliphatic rings. The minimum absolute atomic E-state index is 0.0409. The van der Waals surface area contributed by atoms with Gasteiger partial charge < -0.3 is 5.43 Å². The van der Waals surface area contributed by atoms with Crippen LogP contribution in [-0.4, -0.2) is 18.4 Å². The van der Waals surface area contributed by atoms with E-state index in [4.69, 9.17) is 5.84 Å². The van der Waals surface area contributed by atoms with Gasteiger partial charge in [-0.15, -0.1) is 0 Å². The van der Waals surface area contributed by atoms with Crippen molar-refractivity contribution in [2.24, 2.45) is 5.84 Å². The molecule has 2 aromatic rings. The molecule has 2 rings (SSSR count). The molecule has 0 radical (unpaired) electrons. The zero-order valence-corrected chi connectivity index (χ0v) is 11.0. The topological polar surface area (TPSA) is 110 Å². The van der Waals surface area contributed by atoms with Gasteiger partial charge >= 0.3 is 0 Å². The second kappa shape index (κ2) is 5.21. The van der Waals surface area contributed by atoms with Crippen molar-refractivity contribution in [2.75, 3.05) is 10.1 Å². The van der Waals surface area contributed by atoms with E-state index in [0.717, 1.165) is 5.56 Å². The predicted molar refractivity (Wildman–Crippen MR) is 71.8 cm³/mol. The van der Waals surface area contributed by atoms with Crippen LogP contribution in [-0.2, 0) is 10.0 Å². The summed E-state index contributed by atoms with van der Waals surface area (Å²) in [6.45, 7) is 1.84. The maximum absolute atomic E-state index is 12.2. The van der Waals surface area contributed by atoms with Crippen molar-refractivity contribution in [3.63, 3.8) is 0 Å². The molecule has 100 valence electrons. The molecule has 0 bridgehead atoms. The van der Waals surface area contributed by atoms with Gasteiger partial charge in [0.05, 0.1) is 0 Å². The highest BCUT2D eigenvalue weighted by Gasteiger charge is 2.19. The average Bonchev–Trinajstić information content (AvgIpc) is 2.38. The highest BCUT2D eigenvalue weighted by Crippen LogP contribution is 2.20. The maximum atomic E-state index is 12.2. The predicted octanol–water partition coefficient (Wildman–Crippen LogP) is 0.871. The molecule has 2 aromatic heterocycles. The molecular formula is C11H13N5O2S. The van der Waals surface area contributed by atoms with Crippen LogP contribution in [0.15, 0.2) is 41.6 Å². The fourth-order valence-corrected chi connectivity index (χ4v) is 2.62. The Labute approximate surface area is 110 Å². The molecule has 0 atom stereocenters. The van der Waals surface area contributed by atoms with Gasteiger partial charge in [-0.1, -0.05) is 0 Å². The van der Waals surface area contributed by atoms with Gasteiger partial charge in [0.2, 0.25) is 0 Å². The zero-order chi connectivity index (χ0) is 13.9. The number of nitrogen functional groups attached to an aromatic ring is 1. The summed E-state index contributed by atoms with van der Waals surface area (Å²) in [7, 11) is -3.79. The first-order valence-corrected chi connectivity index (χ1v) is 6.88. The second-order valence-electron chi connectivity index (χ2n) is 3.82. The molecular weight excluding hydrogens is 266 g/mol. The highest BCUT2D eigenvalue weighted by atomic mass is 32.2. The number of hydrogen-bond acceptors (Lipinski definition) is 6. The number of aromatic nitrogens is 2. The first-order valence-electron chi connectivity index (χ1n) is 5.40. The second-order valence-corrected chi connectivity index (χ2v) is 5.47. The van der Waals surface area contributed by atoms with Crippen LogP contribution in [0.1, 0.15) is 5.56 Å². The molecule has 0 amide bonds. The third-order valence-corrected chi connectivity index (χ3v) is 3.74. The normalized spacial score (nSPS) is 11.1. The lowest BCUT2D eigenvalue weighted by atomic mass is 10.3. The van der Waals surface area contributed by atoms with E-state index >= 15 is 0 Å². The minimum atomic E-state index is -3.79. The molecule has 0 saturated carbocycles. The van der Waals surface area contributed by atoms with Gasteiger partial charge in [-0.3, -0.25) is 4.72 Å². The molecule has 0 aliphatic heterocycles. The Morgan fingerprint density at radius 1 is 1.21 bits per heavy atom. The van der Waals surface area contributed by atoms with Gasteiger partial charge in [0.15, 0.2) is 5.82 Å². The van der Waals surface area contributed by atoms with Crippen LogP contribution < -0.4 is 16.0 Å². The van der Waals surface area contributed by atoms with Gasteiger partial charge in [0.25, 0.3) is 10.0 Å². The summed E-state index contributed by atoms with van der Waals surface area (Å²) in [5, 5.41) is 0. The van der Waals surface area contributed by atoms with Gasteiger partial charge in [-0.05, 0) is 36.8 Å². The first kappa shape index (κ1) is 13.2. The first-order chi connectivity index (χ1) is 9.03. The number of nitrogens with two attached hydrogens (primary N) is 1. The van der Waals surface area contributed by atoms with Crippen molar-refractivity contribution in [2.45, 2.75) is 11.8 Å². The van der Waals surface area contributed by atoms with E-state index in [0.29, 0.717) is 0 Å². The molecule has 0 spiro atoms. The monoisotopic (exact) mass is 279 g/mol. The summed E-state index contributed by atoms with van der Waals surface area (Å²) in [6.07, 6.45) is 2.97. The minimum Gasteiger partial charge on any atom is -0.307 e. The highest BCUT2D eigenvalue weighted by molar-refractivity contribution is 7.92. The van der Waals surface area contributed by atoms with E-state index in [9.17, 15) is 8.42 Å². The van der Waals surface area contributed by atoms with Gasteiger partial charge in [0, 0.05) is 12.4 Å². The summed E-state index contributed by atoms with van der Waals surface area (Å²) in [6, 6.07) is 6.32. The Morgan fingerprint density at radius 2 is 2.00 bits per heavy atom. The Kier molecular flexibility index (Phi) is 3.63. The SMILES string of the molecule is Cc1ccnc(NS(=O)(=O)c2cccnc2NN)c1. The van der Waals surface area contributed by atoms with E-state index in [-0.39, 0.29) is 16.5 Å². The van der Waals surface area contributed by atoms with Crippen LogP contribution in [0.25, 0.3) is 0 Å². The fourth-order valence-electron chi connectivity index (χ4n) is 1.50. The molecule has 19 heavy (non-hydrogen) atoms. The van der Waals surface area contributed by atoms with E-state index in [1.807, 2.05) is 6.92 Å². The van der Waals surface area contributed by atoms with Crippen LogP contribution in [0.4, 0.5) is 11.6 Å². The number of hydrogen-bond donors (Lipinski definition) is 3.